The minimum Gasteiger partial charge on any atom is -0.393 e. The van der Waals surface area contributed by atoms with Crippen LogP contribution in [-0.2, 0) is 6.18 Å². The van der Waals surface area contributed by atoms with Gasteiger partial charge in [0.05, 0.1) is 6.10 Å². The Labute approximate surface area is 111 Å². The number of aliphatic hydroxyl groups is 1. The van der Waals surface area contributed by atoms with Crippen LogP contribution in [0.2, 0.25) is 0 Å². The van der Waals surface area contributed by atoms with Gasteiger partial charge >= 0.3 is 6.18 Å². The first kappa shape index (κ1) is 13.1. The summed E-state index contributed by atoms with van der Waals surface area (Å²) in [6.07, 6.45) is -3.44. The van der Waals surface area contributed by atoms with Gasteiger partial charge in [0.2, 0.25) is 0 Å². The van der Waals surface area contributed by atoms with Gasteiger partial charge in [0, 0.05) is 6.54 Å². The summed E-state index contributed by atoms with van der Waals surface area (Å²) in [5.74, 6) is -0.495. The molecule has 3 rings (SSSR count). The number of aromatic nitrogens is 4. The zero-order valence-corrected chi connectivity index (χ0v) is 10.3. The third-order valence-electron chi connectivity index (χ3n) is 3.30. The van der Waals surface area contributed by atoms with Crippen LogP contribution in [0.5, 0.6) is 0 Å². The Morgan fingerprint density at radius 1 is 1.30 bits per heavy atom. The fraction of sp³-hybridized carbons (Fsp3) is 0.545. The standard InChI is InChI=1S/C11H12F3N5O/c12-11(13,14)10-17-16-9-2-1-8(18-19(9)10)15-5-6-3-7(20)4-6/h1-2,6-7,20H,3-5H2,(H,15,18). The molecule has 1 saturated carbocycles. The normalized spacial score (nSPS) is 22.8. The summed E-state index contributed by atoms with van der Waals surface area (Å²) in [5.41, 5.74) is 0.0435. The van der Waals surface area contributed by atoms with Gasteiger partial charge in [0.25, 0.3) is 5.82 Å². The molecule has 1 aliphatic rings. The Bertz CT molecular complexity index is 620. The van der Waals surface area contributed by atoms with Gasteiger partial charge in [-0.3, -0.25) is 0 Å². The molecule has 0 unspecified atom stereocenters. The molecule has 2 aromatic rings. The van der Waals surface area contributed by atoms with Gasteiger partial charge in [0.1, 0.15) is 5.82 Å². The van der Waals surface area contributed by atoms with Crippen LogP contribution in [0.4, 0.5) is 19.0 Å². The Balaban J connectivity index is 1.78. The number of fused-ring (bicyclic) bond motifs is 1. The monoisotopic (exact) mass is 287 g/mol. The van der Waals surface area contributed by atoms with Crippen molar-refractivity contribution in [1.29, 1.82) is 0 Å². The van der Waals surface area contributed by atoms with E-state index in [1.807, 2.05) is 0 Å². The van der Waals surface area contributed by atoms with Crippen molar-refractivity contribution in [3.8, 4) is 0 Å². The van der Waals surface area contributed by atoms with Gasteiger partial charge < -0.3 is 10.4 Å². The van der Waals surface area contributed by atoms with E-state index < -0.39 is 12.0 Å². The second kappa shape index (κ2) is 4.58. The third-order valence-corrected chi connectivity index (χ3v) is 3.30. The van der Waals surface area contributed by atoms with Crippen molar-refractivity contribution in [2.45, 2.75) is 25.1 Å². The Hall–Kier alpha value is -1.90. The highest BCUT2D eigenvalue weighted by Crippen LogP contribution is 2.28. The lowest BCUT2D eigenvalue weighted by Crippen LogP contribution is -2.33. The molecule has 0 aromatic carbocycles. The molecule has 0 aliphatic heterocycles. The molecule has 20 heavy (non-hydrogen) atoms. The van der Waals surface area contributed by atoms with E-state index in [4.69, 9.17) is 5.11 Å². The van der Waals surface area contributed by atoms with E-state index in [-0.39, 0.29) is 11.8 Å². The minimum absolute atomic E-state index is 0.0435. The van der Waals surface area contributed by atoms with E-state index >= 15 is 0 Å². The zero-order chi connectivity index (χ0) is 14.3. The summed E-state index contributed by atoms with van der Waals surface area (Å²) >= 11 is 0. The predicted molar refractivity (Wildman–Crippen MR) is 63.0 cm³/mol. The highest BCUT2D eigenvalue weighted by Gasteiger charge is 2.37. The first-order valence-electron chi connectivity index (χ1n) is 6.15. The molecule has 1 aliphatic carbocycles. The van der Waals surface area contributed by atoms with Gasteiger partial charge in [-0.2, -0.15) is 17.7 Å². The third kappa shape index (κ3) is 2.40. The van der Waals surface area contributed by atoms with Crippen molar-refractivity contribution in [3.05, 3.63) is 18.0 Å². The molecular weight excluding hydrogens is 275 g/mol. The number of hydrogen-bond acceptors (Lipinski definition) is 5. The van der Waals surface area contributed by atoms with Crippen LogP contribution in [0, 0.1) is 5.92 Å². The number of nitrogens with zero attached hydrogens (tertiary/aromatic N) is 4. The summed E-state index contributed by atoms with van der Waals surface area (Å²) in [7, 11) is 0. The van der Waals surface area contributed by atoms with Crippen molar-refractivity contribution in [2.24, 2.45) is 5.92 Å². The second-order valence-corrected chi connectivity index (χ2v) is 4.88. The van der Waals surface area contributed by atoms with Crippen LogP contribution in [0.25, 0.3) is 5.65 Å². The average molecular weight is 287 g/mol. The van der Waals surface area contributed by atoms with Crippen molar-refractivity contribution < 1.29 is 18.3 Å². The maximum atomic E-state index is 12.7. The van der Waals surface area contributed by atoms with E-state index in [1.165, 1.54) is 6.07 Å². The van der Waals surface area contributed by atoms with Crippen LogP contribution >= 0.6 is 0 Å². The zero-order valence-electron chi connectivity index (χ0n) is 10.3. The maximum Gasteiger partial charge on any atom is 0.453 e. The van der Waals surface area contributed by atoms with Crippen molar-refractivity contribution in [3.63, 3.8) is 0 Å². The Morgan fingerprint density at radius 3 is 2.70 bits per heavy atom. The second-order valence-electron chi connectivity index (χ2n) is 4.88. The number of anilines is 1. The molecule has 0 saturated heterocycles. The van der Waals surface area contributed by atoms with Crippen LogP contribution < -0.4 is 5.32 Å². The van der Waals surface area contributed by atoms with E-state index in [1.54, 1.807) is 6.07 Å². The quantitative estimate of drug-likeness (QED) is 0.890. The molecule has 0 atom stereocenters. The molecule has 2 aromatic heterocycles. The van der Waals surface area contributed by atoms with Gasteiger partial charge in [-0.25, -0.2) is 0 Å². The summed E-state index contributed by atoms with van der Waals surface area (Å²) < 4.78 is 38.8. The lowest BCUT2D eigenvalue weighted by Gasteiger charge is -2.31. The molecular formula is C11H12F3N5O. The van der Waals surface area contributed by atoms with Crippen molar-refractivity contribution >= 4 is 11.5 Å². The van der Waals surface area contributed by atoms with Gasteiger partial charge in [-0.05, 0) is 30.9 Å². The van der Waals surface area contributed by atoms with Crippen LogP contribution in [0.15, 0.2) is 12.1 Å². The summed E-state index contributed by atoms with van der Waals surface area (Å²) in [5, 5.41) is 22.5. The topological polar surface area (TPSA) is 75.3 Å². The number of halogens is 3. The number of rotatable bonds is 3. The maximum absolute atomic E-state index is 12.7. The molecule has 2 heterocycles. The SMILES string of the molecule is OC1CC(CNc2ccc3nnc(C(F)(F)F)n3n2)C1. The Morgan fingerprint density at radius 2 is 2.05 bits per heavy atom. The molecule has 0 spiro atoms. The first-order chi connectivity index (χ1) is 9.43. The van der Waals surface area contributed by atoms with Gasteiger partial charge in [-0.15, -0.1) is 15.3 Å². The Kier molecular flexibility index (Phi) is 3.00. The van der Waals surface area contributed by atoms with E-state index in [0.717, 1.165) is 0 Å². The van der Waals surface area contributed by atoms with Gasteiger partial charge in [-0.1, -0.05) is 0 Å². The molecule has 1 fully saturated rings. The van der Waals surface area contributed by atoms with E-state index in [0.29, 0.717) is 35.6 Å². The van der Waals surface area contributed by atoms with Crippen LogP contribution in [-0.4, -0.2) is 37.6 Å². The lowest BCUT2D eigenvalue weighted by molar-refractivity contribution is -0.146. The van der Waals surface area contributed by atoms with Crippen molar-refractivity contribution in [2.75, 3.05) is 11.9 Å². The summed E-state index contributed by atoms with van der Waals surface area (Å²) in [4.78, 5) is 0. The minimum atomic E-state index is -4.59. The summed E-state index contributed by atoms with van der Waals surface area (Å²) in [6.45, 7) is 0.568. The molecule has 6 nitrogen and oxygen atoms in total. The fourth-order valence-corrected chi connectivity index (χ4v) is 2.18. The lowest BCUT2D eigenvalue weighted by atomic mass is 9.82. The molecule has 2 N–H and O–H groups in total. The van der Waals surface area contributed by atoms with E-state index in [9.17, 15) is 13.2 Å². The number of alkyl halides is 3. The molecule has 9 heteroatoms. The van der Waals surface area contributed by atoms with Crippen molar-refractivity contribution in [1.82, 2.24) is 19.8 Å². The molecule has 0 bridgehead atoms. The molecule has 0 amide bonds. The first-order valence-corrected chi connectivity index (χ1v) is 6.15. The highest BCUT2D eigenvalue weighted by atomic mass is 19.4. The largest absolute Gasteiger partial charge is 0.453 e. The number of hydrogen-bond donors (Lipinski definition) is 2. The molecule has 0 radical (unpaired) electrons. The number of aliphatic hydroxyl groups excluding tert-OH is 1. The predicted octanol–water partition coefficient (Wildman–Crippen LogP) is 1.33. The van der Waals surface area contributed by atoms with E-state index in [2.05, 4.69) is 20.6 Å². The summed E-state index contributed by atoms with van der Waals surface area (Å²) in [6, 6.07) is 2.98. The van der Waals surface area contributed by atoms with Crippen LogP contribution in [0.3, 0.4) is 0 Å². The fourth-order valence-electron chi connectivity index (χ4n) is 2.18. The molecule has 108 valence electrons. The smallest absolute Gasteiger partial charge is 0.393 e. The highest BCUT2D eigenvalue weighted by molar-refractivity contribution is 5.44. The van der Waals surface area contributed by atoms with Crippen LogP contribution in [0.1, 0.15) is 18.7 Å². The average Bonchev–Trinajstić information content (AvgIpc) is 2.75. The van der Waals surface area contributed by atoms with Gasteiger partial charge in [0.15, 0.2) is 5.65 Å². The number of nitrogens with one attached hydrogen (secondary N) is 1.